The van der Waals surface area contributed by atoms with Gasteiger partial charge in [0.25, 0.3) is 0 Å². The second-order valence-electron chi connectivity index (χ2n) is 4.51. The van der Waals surface area contributed by atoms with Gasteiger partial charge in [-0.25, -0.2) is 0 Å². The number of halogens is 3. The standard InChI is InChI=1S/C12H19F3N2O/c1-9(2)17(8-12(13,14)15)7-10-4-5-18-11(10)6-16-3/h4-5,9,16H,6-8H2,1-3H3. The highest BCUT2D eigenvalue weighted by molar-refractivity contribution is 5.17. The van der Waals surface area contributed by atoms with Crippen molar-refractivity contribution < 1.29 is 17.6 Å². The lowest BCUT2D eigenvalue weighted by Crippen LogP contribution is -2.38. The largest absolute Gasteiger partial charge is 0.468 e. The minimum Gasteiger partial charge on any atom is -0.468 e. The summed E-state index contributed by atoms with van der Waals surface area (Å²) in [4.78, 5) is 1.38. The summed E-state index contributed by atoms with van der Waals surface area (Å²) in [5, 5.41) is 2.93. The Labute approximate surface area is 105 Å². The van der Waals surface area contributed by atoms with Crippen molar-refractivity contribution >= 4 is 0 Å². The Morgan fingerprint density at radius 2 is 2.06 bits per heavy atom. The number of alkyl halides is 3. The van der Waals surface area contributed by atoms with Crippen molar-refractivity contribution in [2.75, 3.05) is 13.6 Å². The molecule has 0 radical (unpaired) electrons. The normalized spacial score (nSPS) is 12.7. The molecule has 1 N–H and O–H groups in total. The third-order valence-electron chi connectivity index (χ3n) is 2.66. The molecule has 0 fully saturated rings. The number of hydrogen-bond donors (Lipinski definition) is 1. The van der Waals surface area contributed by atoms with E-state index in [2.05, 4.69) is 5.32 Å². The summed E-state index contributed by atoms with van der Waals surface area (Å²) in [7, 11) is 1.77. The first-order valence-electron chi connectivity index (χ1n) is 5.84. The maximum Gasteiger partial charge on any atom is 0.401 e. The Kier molecular flexibility index (Phi) is 5.22. The summed E-state index contributed by atoms with van der Waals surface area (Å²) in [5.41, 5.74) is 0.794. The summed E-state index contributed by atoms with van der Waals surface area (Å²) in [6.07, 6.45) is -2.68. The van der Waals surface area contributed by atoms with Crippen LogP contribution >= 0.6 is 0 Å². The van der Waals surface area contributed by atoms with Crippen LogP contribution in [0.1, 0.15) is 25.2 Å². The second-order valence-corrected chi connectivity index (χ2v) is 4.51. The molecule has 0 aliphatic carbocycles. The Morgan fingerprint density at radius 1 is 1.39 bits per heavy atom. The van der Waals surface area contributed by atoms with E-state index in [4.69, 9.17) is 4.42 Å². The lowest BCUT2D eigenvalue weighted by Gasteiger charge is -2.27. The summed E-state index contributed by atoms with van der Waals surface area (Å²) in [6, 6.07) is 1.54. The maximum atomic E-state index is 12.5. The topological polar surface area (TPSA) is 28.4 Å². The molecule has 1 heterocycles. The van der Waals surface area contributed by atoms with E-state index in [1.807, 2.05) is 0 Å². The molecule has 1 aromatic heterocycles. The lowest BCUT2D eigenvalue weighted by molar-refractivity contribution is -0.150. The first-order valence-corrected chi connectivity index (χ1v) is 5.84. The third kappa shape index (κ3) is 4.70. The Balaban J connectivity index is 2.74. The zero-order valence-electron chi connectivity index (χ0n) is 10.8. The van der Waals surface area contributed by atoms with Crippen LogP contribution in [0.4, 0.5) is 13.2 Å². The molecule has 1 aromatic rings. The number of hydrogen-bond acceptors (Lipinski definition) is 3. The molecular formula is C12H19F3N2O. The molecule has 18 heavy (non-hydrogen) atoms. The molecule has 1 rings (SSSR count). The fourth-order valence-corrected chi connectivity index (χ4v) is 1.69. The summed E-state index contributed by atoms with van der Waals surface area (Å²) < 4.78 is 42.6. The number of rotatable bonds is 6. The van der Waals surface area contributed by atoms with Gasteiger partial charge in [-0.05, 0) is 27.0 Å². The van der Waals surface area contributed by atoms with Crippen molar-refractivity contribution in [1.29, 1.82) is 0 Å². The molecule has 6 heteroatoms. The van der Waals surface area contributed by atoms with Gasteiger partial charge in [-0.2, -0.15) is 13.2 Å². The van der Waals surface area contributed by atoms with Gasteiger partial charge in [0.15, 0.2) is 0 Å². The smallest absolute Gasteiger partial charge is 0.401 e. The summed E-state index contributed by atoms with van der Waals surface area (Å²) >= 11 is 0. The third-order valence-corrected chi connectivity index (χ3v) is 2.66. The number of nitrogens with one attached hydrogen (secondary N) is 1. The van der Waals surface area contributed by atoms with Crippen molar-refractivity contribution in [3.8, 4) is 0 Å². The molecule has 0 saturated heterocycles. The van der Waals surface area contributed by atoms with E-state index in [9.17, 15) is 13.2 Å². The Morgan fingerprint density at radius 3 is 2.56 bits per heavy atom. The highest BCUT2D eigenvalue weighted by atomic mass is 19.4. The van der Waals surface area contributed by atoms with Gasteiger partial charge in [-0.3, -0.25) is 4.90 Å². The van der Waals surface area contributed by atoms with Gasteiger partial charge < -0.3 is 9.73 Å². The molecule has 0 amide bonds. The number of furan rings is 1. The van der Waals surface area contributed by atoms with E-state index in [1.165, 1.54) is 11.2 Å². The van der Waals surface area contributed by atoms with Crippen molar-refractivity contribution in [2.24, 2.45) is 0 Å². The average molecular weight is 264 g/mol. The minimum atomic E-state index is -4.18. The molecule has 3 nitrogen and oxygen atoms in total. The lowest BCUT2D eigenvalue weighted by atomic mass is 10.2. The fourth-order valence-electron chi connectivity index (χ4n) is 1.69. The van der Waals surface area contributed by atoms with E-state index in [0.717, 1.165) is 5.56 Å². The van der Waals surface area contributed by atoms with E-state index >= 15 is 0 Å². The predicted octanol–water partition coefficient (Wildman–Crippen LogP) is 2.77. The van der Waals surface area contributed by atoms with Gasteiger partial charge in [-0.1, -0.05) is 0 Å². The van der Waals surface area contributed by atoms with Crippen LogP contribution in [0.25, 0.3) is 0 Å². The molecule has 0 aliphatic heterocycles. The molecule has 104 valence electrons. The monoisotopic (exact) mass is 264 g/mol. The highest BCUT2D eigenvalue weighted by Crippen LogP contribution is 2.21. The molecule has 0 bridgehead atoms. The minimum absolute atomic E-state index is 0.177. The summed E-state index contributed by atoms with van der Waals surface area (Å²) in [6.45, 7) is 3.35. The van der Waals surface area contributed by atoms with Crippen LogP contribution < -0.4 is 5.32 Å². The highest BCUT2D eigenvalue weighted by Gasteiger charge is 2.32. The van der Waals surface area contributed by atoms with E-state index in [0.29, 0.717) is 12.3 Å². The Bertz CT molecular complexity index is 360. The van der Waals surface area contributed by atoms with E-state index < -0.39 is 12.7 Å². The van der Waals surface area contributed by atoms with E-state index in [1.54, 1.807) is 27.0 Å². The SMILES string of the molecule is CNCc1occc1CN(CC(F)(F)F)C(C)C. The van der Waals surface area contributed by atoms with Crippen LogP contribution in [-0.2, 0) is 13.1 Å². The van der Waals surface area contributed by atoms with Crippen molar-refractivity contribution in [1.82, 2.24) is 10.2 Å². The average Bonchev–Trinajstić information content (AvgIpc) is 2.63. The van der Waals surface area contributed by atoms with Crippen molar-refractivity contribution in [2.45, 2.75) is 39.2 Å². The zero-order valence-corrected chi connectivity index (χ0v) is 10.8. The molecule has 0 atom stereocenters. The summed E-state index contributed by atoms with van der Waals surface area (Å²) in [5.74, 6) is 0.685. The molecule has 0 aromatic carbocycles. The molecular weight excluding hydrogens is 245 g/mol. The molecule has 0 aliphatic rings. The van der Waals surface area contributed by atoms with Crippen LogP contribution in [0.3, 0.4) is 0 Å². The predicted molar refractivity (Wildman–Crippen MR) is 63.1 cm³/mol. The van der Waals surface area contributed by atoms with Crippen molar-refractivity contribution in [3.63, 3.8) is 0 Å². The van der Waals surface area contributed by atoms with Gasteiger partial charge in [-0.15, -0.1) is 0 Å². The number of nitrogens with zero attached hydrogens (tertiary/aromatic N) is 1. The van der Waals surface area contributed by atoms with Gasteiger partial charge in [0.1, 0.15) is 5.76 Å². The second kappa shape index (κ2) is 6.24. The van der Waals surface area contributed by atoms with Crippen molar-refractivity contribution in [3.05, 3.63) is 23.7 Å². The van der Waals surface area contributed by atoms with Crippen LogP contribution in [0.5, 0.6) is 0 Å². The maximum absolute atomic E-state index is 12.5. The van der Waals surface area contributed by atoms with Gasteiger partial charge in [0.2, 0.25) is 0 Å². The van der Waals surface area contributed by atoms with Crippen LogP contribution in [0.15, 0.2) is 16.7 Å². The first-order chi connectivity index (χ1) is 8.33. The first kappa shape index (κ1) is 15.0. The van der Waals surface area contributed by atoms with Gasteiger partial charge in [0.05, 0.1) is 19.4 Å². The Hall–Kier alpha value is -1.01. The molecule has 0 spiro atoms. The fraction of sp³-hybridized carbons (Fsp3) is 0.667. The van der Waals surface area contributed by atoms with Gasteiger partial charge in [0, 0.05) is 18.2 Å². The quantitative estimate of drug-likeness (QED) is 0.856. The van der Waals surface area contributed by atoms with Gasteiger partial charge >= 0.3 is 6.18 Å². The van der Waals surface area contributed by atoms with E-state index in [-0.39, 0.29) is 12.6 Å². The van der Waals surface area contributed by atoms with Crippen LogP contribution in [0.2, 0.25) is 0 Å². The molecule has 0 unspecified atom stereocenters. The van der Waals surface area contributed by atoms with Crippen LogP contribution in [0, 0.1) is 0 Å². The molecule has 0 saturated carbocycles. The van der Waals surface area contributed by atoms with Crippen LogP contribution in [-0.4, -0.2) is 30.7 Å². The zero-order chi connectivity index (χ0) is 13.8.